The van der Waals surface area contributed by atoms with Gasteiger partial charge in [0, 0.05) is 0 Å². The number of halogens is 4. The quantitative estimate of drug-likeness (QED) is 0.419. The van der Waals surface area contributed by atoms with Crippen LogP contribution < -0.4 is 0 Å². The van der Waals surface area contributed by atoms with Crippen molar-refractivity contribution in [3.63, 3.8) is 0 Å². The Hall–Kier alpha value is -0.520. The van der Waals surface area contributed by atoms with Gasteiger partial charge in [0.2, 0.25) is 0 Å². The van der Waals surface area contributed by atoms with Gasteiger partial charge in [0.15, 0.2) is 0 Å². The van der Waals surface area contributed by atoms with E-state index < -0.39 is 11.8 Å². The van der Waals surface area contributed by atoms with Crippen LogP contribution in [0.3, 0.4) is 0 Å². The fourth-order valence-corrected chi connectivity index (χ4v) is 2.34. The number of benzene rings is 1. The standard InChI is InChI=1S/C8Cl4NO3/c9-3-1-2(4(10)6(12)5(3)11)8(15)13(16)7(1)14/q-1. The monoisotopic (exact) mass is 298 g/mol. The first-order valence-corrected chi connectivity index (χ1v) is 5.31. The largest absolute Gasteiger partial charge is 0.749 e. The number of hydrogen-bond donors (Lipinski definition) is 0. The molecule has 0 unspecified atom stereocenters. The molecule has 1 aliphatic rings. The van der Waals surface area contributed by atoms with Crippen molar-refractivity contribution in [2.75, 3.05) is 0 Å². The summed E-state index contributed by atoms with van der Waals surface area (Å²) in [6, 6.07) is 0. The Morgan fingerprint density at radius 3 is 1.38 bits per heavy atom. The fraction of sp³-hybridized carbons (Fsp3) is 0. The zero-order valence-electron chi connectivity index (χ0n) is 7.18. The first-order valence-electron chi connectivity index (χ1n) is 3.79. The molecule has 1 aromatic rings. The van der Waals surface area contributed by atoms with E-state index in [0.717, 1.165) is 0 Å². The molecule has 2 amide bonds. The van der Waals surface area contributed by atoms with Gasteiger partial charge in [0.05, 0.1) is 31.2 Å². The number of carbonyl (C=O) groups is 2. The zero-order chi connectivity index (χ0) is 12.2. The number of hydroxylamine groups is 2. The Morgan fingerprint density at radius 2 is 1.06 bits per heavy atom. The van der Waals surface area contributed by atoms with Crippen LogP contribution in [0.1, 0.15) is 20.7 Å². The molecule has 0 aromatic heterocycles. The van der Waals surface area contributed by atoms with E-state index in [1.807, 2.05) is 0 Å². The second-order valence-corrected chi connectivity index (χ2v) is 4.42. The molecule has 2 rings (SSSR count). The molecular formula is C8Cl4NO3-. The van der Waals surface area contributed by atoms with Crippen LogP contribution in [-0.2, 0) is 0 Å². The van der Waals surface area contributed by atoms with Gasteiger partial charge in [-0.15, -0.1) is 0 Å². The maximum atomic E-state index is 11.4. The second-order valence-electron chi connectivity index (χ2n) is 2.91. The van der Waals surface area contributed by atoms with Gasteiger partial charge in [-0.05, 0) is 0 Å². The number of amides is 2. The lowest BCUT2D eigenvalue weighted by Gasteiger charge is -2.17. The predicted octanol–water partition coefficient (Wildman–Crippen LogP) is 3.39. The minimum Gasteiger partial charge on any atom is -0.749 e. The molecule has 0 saturated carbocycles. The topological polar surface area (TPSA) is 60.4 Å². The van der Waals surface area contributed by atoms with E-state index >= 15 is 0 Å². The Kier molecular flexibility index (Phi) is 2.80. The fourth-order valence-electron chi connectivity index (χ4n) is 1.33. The van der Waals surface area contributed by atoms with Gasteiger partial charge in [-0.25, -0.2) is 0 Å². The summed E-state index contributed by atoms with van der Waals surface area (Å²) in [6.45, 7) is 0. The highest BCUT2D eigenvalue weighted by Gasteiger charge is 2.37. The van der Waals surface area contributed by atoms with Crippen molar-refractivity contribution in [1.29, 1.82) is 0 Å². The molecular weight excluding hydrogens is 300 g/mol. The van der Waals surface area contributed by atoms with Crippen LogP contribution >= 0.6 is 46.4 Å². The van der Waals surface area contributed by atoms with Crippen LogP contribution in [-0.4, -0.2) is 16.9 Å². The molecule has 0 N–H and O–H groups in total. The molecule has 0 bridgehead atoms. The Balaban J connectivity index is 2.91. The Labute approximate surface area is 109 Å². The number of imide groups is 1. The average Bonchev–Trinajstić information content (AvgIpc) is 2.48. The van der Waals surface area contributed by atoms with E-state index in [2.05, 4.69) is 0 Å². The van der Waals surface area contributed by atoms with Gasteiger partial charge < -0.3 is 10.3 Å². The van der Waals surface area contributed by atoms with Gasteiger partial charge in [-0.2, -0.15) is 0 Å². The molecule has 0 saturated heterocycles. The normalized spacial score (nSPS) is 14.7. The third-order valence-corrected chi connectivity index (χ3v) is 3.87. The molecule has 84 valence electrons. The van der Waals surface area contributed by atoms with Gasteiger partial charge in [-0.1, -0.05) is 46.4 Å². The third kappa shape index (κ3) is 1.35. The average molecular weight is 300 g/mol. The molecule has 0 aliphatic carbocycles. The van der Waals surface area contributed by atoms with E-state index in [-0.39, 0.29) is 36.3 Å². The summed E-state index contributed by atoms with van der Waals surface area (Å²) < 4.78 is 0. The van der Waals surface area contributed by atoms with Crippen molar-refractivity contribution in [2.45, 2.75) is 0 Å². The maximum Gasteiger partial charge on any atom is 0.252 e. The molecule has 1 aliphatic heterocycles. The SMILES string of the molecule is O=C1c2c(Cl)c(Cl)c(Cl)c(Cl)c2C(=O)N1[O-]. The van der Waals surface area contributed by atoms with Crippen LogP contribution in [0.25, 0.3) is 0 Å². The minimum atomic E-state index is -1.09. The van der Waals surface area contributed by atoms with Gasteiger partial charge in [0.25, 0.3) is 11.8 Å². The summed E-state index contributed by atoms with van der Waals surface area (Å²) in [5.41, 5.74) is -0.609. The molecule has 1 aromatic carbocycles. The highest BCUT2D eigenvalue weighted by Crippen LogP contribution is 2.44. The minimum absolute atomic E-state index is 0.163. The van der Waals surface area contributed by atoms with Crippen LogP contribution in [0.4, 0.5) is 0 Å². The summed E-state index contributed by atoms with van der Waals surface area (Å²) in [5.74, 6) is -2.18. The van der Waals surface area contributed by atoms with Gasteiger partial charge >= 0.3 is 0 Å². The van der Waals surface area contributed by atoms with Crippen LogP contribution in [0.2, 0.25) is 20.1 Å². The first kappa shape index (κ1) is 12.0. The second kappa shape index (κ2) is 3.75. The maximum absolute atomic E-state index is 11.4. The predicted molar refractivity (Wildman–Crippen MR) is 60.3 cm³/mol. The molecule has 0 fully saturated rings. The third-order valence-electron chi connectivity index (χ3n) is 2.06. The molecule has 16 heavy (non-hydrogen) atoms. The van der Waals surface area contributed by atoms with Gasteiger partial charge in [-0.3, -0.25) is 9.59 Å². The van der Waals surface area contributed by atoms with Crippen LogP contribution in [0, 0.1) is 5.21 Å². The summed E-state index contributed by atoms with van der Waals surface area (Å²) >= 11 is 22.8. The Bertz CT molecular complexity index is 496. The zero-order valence-corrected chi connectivity index (χ0v) is 10.2. The number of hydrogen-bond acceptors (Lipinski definition) is 3. The number of carbonyl (C=O) groups excluding carboxylic acids is 2. The molecule has 0 atom stereocenters. The van der Waals surface area contributed by atoms with E-state index in [1.54, 1.807) is 0 Å². The van der Waals surface area contributed by atoms with E-state index in [9.17, 15) is 14.8 Å². The van der Waals surface area contributed by atoms with Crippen LogP contribution in [0.15, 0.2) is 0 Å². The van der Waals surface area contributed by atoms with E-state index in [4.69, 9.17) is 46.4 Å². The summed E-state index contributed by atoms with van der Waals surface area (Å²) in [4.78, 5) is 22.8. The van der Waals surface area contributed by atoms with Gasteiger partial charge in [0.1, 0.15) is 0 Å². The summed E-state index contributed by atoms with van der Waals surface area (Å²) in [6.07, 6.45) is 0. The van der Waals surface area contributed by atoms with Crippen molar-refractivity contribution < 1.29 is 9.59 Å². The molecule has 1 heterocycles. The van der Waals surface area contributed by atoms with Crippen molar-refractivity contribution in [2.24, 2.45) is 0 Å². The number of nitrogens with zero attached hydrogens (tertiary/aromatic N) is 1. The van der Waals surface area contributed by atoms with E-state index in [1.165, 1.54) is 0 Å². The van der Waals surface area contributed by atoms with Crippen molar-refractivity contribution in [1.82, 2.24) is 5.06 Å². The molecule has 8 heteroatoms. The number of fused-ring (bicyclic) bond motifs is 1. The number of rotatable bonds is 0. The smallest absolute Gasteiger partial charge is 0.252 e. The molecule has 0 radical (unpaired) electrons. The highest BCUT2D eigenvalue weighted by atomic mass is 35.5. The van der Waals surface area contributed by atoms with E-state index in [0.29, 0.717) is 0 Å². The van der Waals surface area contributed by atoms with Crippen LogP contribution in [0.5, 0.6) is 0 Å². The lowest BCUT2D eigenvalue weighted by Crippen LogP contribution is -2.22. The molecule has 0 spiro atoms. The Morgan fingerprint density at radius 1 is 0.750 bits per heavy atom. The first-order chi connectivity index (χ1) is 7.37. The van der Waals surface area contributed by atoms with Crippen molar-refractivity contribution in [3.8, 4) is 0 Å². The summed E-state index contributed by atoms with van der Waals surface area (Å²) in [7, 11) is 0. The lowest BCUT2D eigenvalue weighted by atomic mass is 10.1. The van der Waals surface area contributed by atoms with Crippen molar-refractivity contribution in [3.05, 3.63) is 36.4 Å². The van der Waals surface area contributed by atoms with Crippen molar-refractivity contribution >= 4 is 58.2 Å². The lowest BCUT2D eigenvalue weighted by molar-refractivity contribution is 0.0722. The highest BCUT2D eigenvalue weighted by molar-refractivity contribution is 6.55. The summed E-state index contributed by atoms with van der Waals surface area (Å²) in [5, 5.41) is 9.94. The molecule has 4 nitrogen and oxygen atoms in total.